The summed E-state index contributed by atoms with van der Waals surface area (Å²) in [6.45, 7) is 0. The Morgan fingerprint density at radius 1 is 0.386 bits per heavy atom. The molecule has 0 spiro atoms. The molecule has 0 radical (unpaired) electrons. The summed E-state index contributed by atoms with van der Waals surface area (Å²) in [6, 6.07) is -22.0. The van der Waals surface area contributed by atoms with Crippen LogP contribution in [0.15, 0.2) is 151 Å². The van der Waals surface area contributed by atoms with Crippen LogP contribution in [-0.2, 0) is 0 Å². The first-order valence-corrected chi connectivity index (χ1v) is 12.7. The van der Waals surface area contributed by atoms with Crippen LogP contribution in [-0.4, -0.2) is 24.1 Å². The van der Waals surface area contributed by atoms with Crippen LogP contribution in [0.4, 0.5) is 0 Å². The van der Waals surface area contributed by atoms with Crippen molar-refractivity contribution in [2.75, 3.05) is 0 Å². The molecule has 44 heavy (non-hydrogen) atoms. The molecule has 9 aromatic rings. The van der Waals surface area contributed by atoms with E-state index in [-0.39, 0.29) is 0 Å². The first kappa shape index (κ1) is 10.3. The first-order valence-electron chi connectivity index (χ1n) is 25.2. The molecule has 0 fully saturated rings. The van der Waals surface area contributed by atoms with E-state index in [1.54, 1.807) is 0 Å². The van der Waals surface area contributed by atoms with Gasteiger partial charge in [0.25, 0.3) is 0 Å². The Morgan fingerprint density at radius 3 is 1.39 bits per heavy atom. The standard InChI is InChI=1S/C39H25N5/c1-2-14-26(15-3-1)37-40-38(42-39(41-37)44-34-23-11-6-18-29(34)30-19-7-12-24-35(30)44)31-20-8-13-25-36(31)43-32-21-9-4-16-27(32)28-17-5-10-22-33(28)43/h1-25H/i1D,2D,3D,4D,5D,6D,7D,8D,9D,10D,11D,12D,13D,14D,15D,16D,17D,18D,19D,20D,21D,22D,23D,24D,25D. The van der Waals surface area contributed by atoms with Crippen molar-refractivity contribution >= 4 is 43.6 Å². The van der Waals surface area contributed by atoms with Crippen LogP contribution in [0.5, 0.6) is 0 Å². The zero-order chi connectivity index (χ0) is 50.8. The summed E-state index contributed by atoms with van der Waals surface area (Å²) < 4.78 is 221. The van der Waals surface area contributed by atoms with Crippen LogP contribution < -0.4 is 0 Å². The van der Waals surface area contributed by atoms with E-state index in [0.29, 0.717) is 0 Å². The summed E-state index contributed by atoms with van der Waals surface area (Å²) in [5.74, 6) is -2.66. The first-order chi connectivity index (χ1) is 32.2. The largest absolute Gasteiger partial charge is 0.309 e. The molecule has 6 aromatic carbocycles. The number of hydrogen-bond acceptors (Lipinski definition) is 3. The Bertz CT molecular complexity index is 3730. The molecule has 0 saturated heterocycles. The second-order valence-electron chi connectivity index (χ2n) is 9.07. The number of aromatic nitrogens is 5. The van der Waals surface area contributed by atoms with Gasteiger partial charge in [0.2, 0.25) is 5.95 Å². The van der Waals surface area contributed by atoms with Gasteiger partial charge >= 0.3 is 0 Å². The highest BCUT2D eigenvalue weighted by Crippen LogP contribution is 2.36. The van der Waals surface area contributed by atoms with E-state index < -0.39 is 229 Å². The smallest absolute Gasteiger partial charge is 0.238 e. The van der Waals surface area contributed by atoms with Crippen LogP contribution in [0.2, 0.25) is 0 Å². The van der Waals surface area contributed by atoms with Crippen molar-refractivity contribution in [1.29, 1.82) is 0 Å². The second kappa shape index (κ2) is 9.75. The Morgan fingerprint density at radius 2 is 0.818 bits per heavy atom. The summed E-state index contributed by atoms with van der Waals surface area (Å²) in [7, 11) is 0. The highest BCUT2D eigenvalue weighted by atomic mass is 15.2. The van der Waals surface area contributed by atoms with Gasteiger partial charge in [-0.1, -0.05) is 115 Å². The molecule has 206 valence electrons. The molecule has 5 heteroatoms. The fraction of sp³-hybridized carbons (Fsp3) is 0. The molecular formula is C39H25N5. The minimum Gasteiger partial charge on any atom is -0.309 e. The summed E-state index contributed by atoms with van der Waals surface area (Å²) >= 11 is 0. The van der Waals surface area contributed by atoms with Gasteiger partial charge < -0.3 is 4.57 Å². The predicted molar refractivity (Wildman–Crippen MR) is 179 cm³/mol. The van der Waals surface area contributed by atoms with E-state index in [9.17, 15) is 2.74 Å². The molecule has 5 nitrogen and oxygen atoms in total. The lowest BCUT2D eigenvalue weighted by Gasteiger charge is -2.15. The van der Waals surface area contributed by atoms with E-state index >= 15 is 0 Å². The molecule has 0 N–H and O–H groups in total. The minimum atomic E-state index is -1.03. The van der Waals surface area contributed by atoms with Crippen LogP contribution in [0, 0.1) is 0 Å². The Hall–Kier alpha value is -6.07. The molecule has 0 unspecified atom stereocenters. The van der Waals surface area contributed by atoms with E-state index in [2.05, 4.69) is 15.0 Å². The molecular weight excluding hydrogens is 538 g/mol. The fourth-order valence-corrected chi connectivity index (χ4v) is 4.95. The Balaban J connectivity index is 1.59. The van der Waals surface area contributed by atoms with Gasteiger partial charge in [0.15, 0.2) is 11.6 Å². The zero-order valence-corrected chi connectivity index (χ0v) is 21.7. The van der Waals surface area contributed by atoms with Gasteiger partial charge in [-0.05, 0) is 36.3 Å². The Kier molecular flexibility index (Phi) is 2.28. The number of para-hydroxylation sites is 5. The highest BCUT2D eigenvalue weighted by molar-refractivity contribution is 6.10. The number of rotatable bonds is 4. The molecule has 0 aliphatic carbocycles. The Labute approximate surface area is 288 Å². The van der Waals surface area contributed by atoms with Gasteiger partial charge in [-0.25, -0.2) is 4.98 Å². The molecule has 0 atom stereocenters. The number of benzene rings is 6. The van der Waals surface area contributed by atoms with Gasteiger partial charge in [-0.3, -0.25) is 4.57 Å². The number of nitrogens with zero attached hydrogens (tertiary/aromatic N) is 5. The maximum Gasteiger partial charge on any atom is 0.238 e. The normalized spacial score (nSPS) is 19.6. The zero-order valence-electron chi connectivity index (χ0n) is 46.7. The highest BCUT2D eigenvalue weighted by Gasteiger charge is 2.20. The molecule has 9 rings (SSSR count). The third-order valence-electron chi connectivity index (χ3n) is 6.73. The van der Waals surface area contributed by atoms with Crippen molar-refractivity contribution in [2.45, 2.75) is 0 Å². The maximum atomic E-state index is 9.39. The van der Waals surface area contributed by atoms with Crippen molar-refractivity contribution in [3.63, 3.8) is 0 Å². The van der Waals surface area contributed by atoms with E-state index in [1.165, 1.54) is 0 Å². The van der Waals surface area contributed by atoms with Crippen molar-refractivity contribution < 1.29 is 34.3 Å². The predicted octanol–water partition coefficient (Wildman–Crippen LogP) is 9.40. The van der Waals surface area contributed by atoms with Crippen LogP contribution in [0.25, 0.3) is 78.0 Å². The van der Waals surface area contributed by atoms with E-state index in [4.69, 9.17) is 31.5 Å². The third-order valence-corrected chi connectivity index (χ3v) is 6.73. The molecule has 3 heterocycles. The number of fused-ring (bicyclic) bond motifs is 6. The summed E-state index contributed by atoms with van der Waals surface area (Å²) in [6.07, 6.45) is 0. The second-order valence-corrected chi connectivity index (χ2v) is 9.07. The van der Waals surface area contributed by atoms with Crippen molar-refractivity contribution in [1.82, 2.24) is 24.1 Å². The van der Waals surface area contributed by atoms with Crippen LogP contribution in [0.1, 0.15) is 34.3 Å². The van der Waals surface area contributed by atoms with E-state index in [0.717, 1.165) is 9.13 Å². The van der Waals surface area contributed by atoms with Crippen LogP contribution in [0.3, 0.4) is 0 Å². The van der Waals surface area contributed by atoms with Gasteiger partial charge in [-0.2, -0.15) is 9.97 Å². The van der Waals surface area contributed by atoms with Crippen molar-refractivity contribution in [3.8, 4) is 34.4 Å². The topological polar surface area (TPSA) is 48.5 Å². The summed E-state index contributed by atoms with van der Waals surface area (Å²) in [4.78, 5) is 13.3. The molecule has 0 amide bonds. The number of hydrogen-bond donors (Lipinski definition) is 0. The molecule has 3 aromatic heterocycles. The lowest BCUT2D eigenvalue weighted by Crippen LogP contribution is -2.07. The lowest BCUT2D eigenvalue weighted by molar-refractivity contribution is 0.951. The quantitative estimate of drug-likeness (QED) is 0.206. The SMILES string of the molecule is [2H]c1c([2H])c([2H])c(-c2nc(-c3c([2H])c([2H])c([2H])c([2H])c3-n3c4c([2H])c([2H])c([2H])c([2H])c4c4c([2H])c([2H])c([2H])c([2H])c43)nc(-n3c4c([2H])c([2H])c([2H])c([2H])c4c4c([2H])c([2H])c([2H])c([2H])c43)n2)c([2H])c1[2H]. The summed E-state index contributed by atoms with van der Waals surface area (Å²) in [5.41, 5.74) is -4.77. The van der Waals surface area contributed by atoms with Crippen molar-refractivity contribution in [3.05, 3.63) is 151 Å². The summed E-state index contributed by atoms with van der Waals surface area (Å²) in [5, 5.41) is -1.92. The maximum absolute atomic E-state index is 9.39. The van der Waals surface area contributed by atoms with Crippen molar-refractivity contribution in [2.24, 2.45) is 0 Å². The van der Waals surface area contributed by atoms with E-state index in [1.807, 2.05) is 0 Å². The third kappa shape index (κ3) is 3.69. The minimum absolute atomic E-state index is 0.467. The van der Waals surface area contributed by atoms with Gasteiger partial charge in [0.1, 0.15) is 0 Å². The molecule has 0 aliphatic rings. The van der Waals surface area contributed by atoms with Gasteiger partial charge in [0, 0.05) is 32.7 Å². The molecule has 0 bridgehead atoms. The molecule has 0 saturated carbocycles. The average molecular weight is 589 g/mol. The lowest BCUT2D eigenvalue weighted by atomic mass is 10.1. The van der Waals surface area contributed by atoms with Gasteiger partial charge in [0.05, 0.1) is 62.0 Å². The monoisotopic (exact) mass is 588 g/mol. The van der Waals surface area contributed by atoms with Crippen LogP contribution >= 0.6 is 0 Å². The molecule has 0 aliphatic heterocycles. The van der Waals surface area contributed by atoms with Gasteiger partial charge in [-0.15, -0.1) is 0 Å². The fourth-order valence-electron chi connectivity index (χ4n) is 4.95. The average Bonchev–Trinajstić information content (AvgIpc) is 3.88.